The highest BCUT2D eigenvalue weighted by Crippen LogP contribution is 2.22. The fraction of sp³-hybridized carbons (Fsp3) is 0.0769. The third-order valence-corrected chi connectivity index (χ3v) is 2.98. The van der Waals surface area contributed by atoms with E-state index in [1.807, 2.05) is 6.08 Å². The molecule has 0 N–H and O–H groups in total. The highest BCUT2D eigenvalue weighted by molar-refractivity contribution is 9.08. The van der Waals surface area contributed by atoms with Gasteiger partial charge in [-0.2, -0.15) is 0 Å². The number of rotatable bonds is 2. The van der Waals surface area contributed by atoms with Crippen molar-refractivity contribution in [3.05, 3.63) is 54.1 Å². The van der Waals surface area contributed by atoms with Crippen molar-refractivity contribution in [3.8, 4) is 0 Å². The average Bonchev–Trinajstić information content (AvgIpc) is 2.27. The lowest BCUT2D eigenvalue weighted by Crippen LogP contribution is -1.82. The first-order chi connectivity index (χ1) is 6.85. The molecule has 14 heavy (non-hydrogen) atoms. The van der Waals surface area contributed by atoms with Crippen LogP contribution in [0.5, 0.6) is 0 Å². The van der Waals surface area contributed by atoms with Gasteiger partial charge in [0.2, 0.25) is 0 Å². The Morgan fingerprint density at radius 3 is 2.79 bits per heavy atom. The SMILES string of the molecule is C=Cc1ccc2cccc(CBr)c2c1. The van der Waals surface area contributed by atoms with Crippen LogP contribution in [0.1, 0.15) is 11.1 Å². The zero-order valence-corrected chi connectivity index (χ0v) is 9.42. The summed E-state index contributed by atoms with van der Waals surface area (Å²) >= 11 is 3.50. The van der Waals surface area contributed by atoms with Crippen molar-refractivity contribution in [1.29, 1.82) is 0 Å². The smallest absolute Gasteiger partial charge is 0.0289 e. The van der Waals surface area contributed by atoms with E-state index in [-0.39, 0.29) is 0 Å². The van der Waals surface area contributed by atoms with Crippen molar-refractivity contribution < 1.29 is 0 Å². The lowest BCUT2D eigenvalue weighted by molar-refractivity contribution is 1.49. The van der Waals surface area contributed by atoms with Crippen LogP contribution in [0, 0.1) is 0 Å². The van der Waals surface area contributed by atoms with Crippen molar-refractivity contribution >= 4 is 32.8 Å². The first kappa shape index (κ1) is 9.47. The highest BCUT2D eigenvalue weighted by atomic mass is 79.9. The summed E-state index contributed by atoms with van der Waals surface area (Å²) in [6, 6.07) is 12.8. The summed E-state index contributed by atoms with van der Waals surface area (Å²) in [5.74, 6) is 0. The maximum Gasteiger partial charge on any atom is 0.0289 e. The summed E-state index contributed by atoms with van der Waals surface area (Å²) in [6.45, 7) is 3.78. The maximum atomic E-state index is 3.78. The number of halogens is 1. The minimum absolute atomic E-state index is 0.894. The monoisotopic (exact) mass is 246 g/mol. The average molecular weight is 247 g/mol. The zero-order chi connectivity index (χ0) is 9.97. The molecule has 0 amide bonds. The van der Waals surface area contributed by atoms with Gasteiger partial charge in [-0.15, -0.1) is 0 Å². The Labute approximate surface area is 92.4 Å². The van der Waals surface area contributed by atoms with E-state index in [2.05, 4.69) is 58.9 Å². The molecule has 2 aromatic carbocycles. The molecule has 0 nitrogen and oxygen atoms in total. The molecule has 2 aromatic rings. The van der Waals surface area contributed by atoms with Crippen molar-refractivity contribution in [3.63, 3.8) is 0 Å². The van der Waals surface area contributed by atoms with Crippen LogP contribution >= 0.6 is 15.9 Å². The Morgan fingerprint density at radius 2 is 2.07 bits per heavy atom. The molecule has 0 saturated heterocycles. The summed E-state index contributed by atoms with van der Waals surface area (Å²) < 4.78 is 0. The molecule has 0 radical (unpaired) electrons. The molecule has 0 fully saturated rings. The second-order valence-corrected chi connectivity index (χ2v) is 3.80. The molecule has 0 aliphatic carbocycles. The van der Waals surface area contributed by atoms with Gasteiger partial charge < -0.3 is 0 Å². The van der Waals surface area contributed by atoms with Gasteiger partial charge >= 0.3 is 0 Å². The Kier molecular flexibility index (Phi) is 2.69. The number of hydrogen-bond donors (Lipinski definition) is 0. The van der Waals surface area contributed by atoms with E-state index in [1.54, 1.807) is 0 Å². The van der Waals surface area contributed by atoms with Crippen molar-refractivity contribution in [2.24, 2.45) is 0 Å². The molecule has 2 rings (SSSR count). The van der Waals surface area contributed by atoms with E-state index >= 15 is 0 Å². The van der Waals surface area contributed by atoms with Crippen LogP contribution in [0.3, 0.4) is 0 Å². The van der Waals surface area contributed by atoms with Crippen LogP contribution in [-0.2, 0) is 5.33 Å². The van der Waals surface area contributed by atoms with Gasteiger partial charge in [0, 0.05) is 5.33 Å². The van der Waals surface area contributed by atoms with E-state index in [0.717, 1.165) is 5.33 Å². The van der Waals surface area contributed by atoms with Gasteiger partial charge in [0.25, 0.3) is 0 Å². The summed E-state index contributed by atoms with van der Waals surface area (Å²) in [7, 11) is 0. The van der Waals surface area contributed by atoms with Crippen molar-refractivity contribution in [2.45, 2.75) is 5.33 Å². The van der Waals surface area contributed by atoms with E-state index in [4.69, 9.17) is 0 Å². The van der Waals surface area contributed by atoms with Gasteiger partial charge in [0.15, 0.2) is 0 Å². The van der Waals surface area contributed by atoms with Gasteiger partial charge in [-0.1, -0.05) is 58.9 Å². The van der Waals surface area contributed by atoms with E-state index in [1.165, 1.54) is 21.9 Å². The number of fused-ring (bicyclic) bond motifs is 1. The fourth-order valence-electron chi connectivity index (χ4n) is 1.60. The Morgan fingerprint density at radius 1 is 1.21 bits per heavy atom. The second kappa shape index (κ2) is 3.97. The van der Waals surface area contributed by atoms with Crippen molar-refractivity contribution in [2.75, 3.05) is 0 Å². The fourth-order valence-corrected chi connectivity index (χ4v) is 2.09. The molecule has 0 aliphatic rings. The van der Waals surface area contributed by atoms with Gasteiger partial charge in [0.1, 0.15) is 0 Å². The second-order valence-electron chi connectivity index (χ2n) is 3.24. The summed E-state index contributed by atoms with van der Waals surface area (Å²) in [5.41, 5.74) is 2.50. The topological polar surface area (TPSA) is 0 Å². The van der Waals surface area contributed by atoms with Crippen LogP contribution in [0.4, 0.5) is 0 Å². The third kappa shape index (κ3) is 1.60. The molecule has 0 bridgehead atoms. The van der Waals surface area contributed by atoms with Crippen LogP contribution < -0.4 is 0 Å². The van der Waals surface area contributed by atoms with E-state index < -0.39 is 0 Å². The molecule has 1 heteroatoms. The lowest BCUT2D eigenvalue weighted by Gasteiger charge is -2.04. The largest absolute Gasteiger partial charge is 0.0985 e. The minimum atomic E-state index is 0.894. The minimum Gasteiger partial charge on any atom is -0.0985 e. The van der Waals surface area contributed by atoms with Crippen LogP contribution in [0.25, 0.3) is 16.8 Å². The van der Waals surface area contributed by atoms with Gasteiger partial charge in [0.05, 0.1) is 0 Å². The van der Waals surface area contributed by atoms with E-state index in [0.29, 0.717) is 0 Å². The molecular formula is C13H11Br. The molecule has 0 unspecified atom stereocenters. The maximum absolute atomic E-state index is 3.78. The quantitative estimate of drug-likeness (QED) is 0.691. The van der Waals surface area contributed by atoms with Crippen molar-refractivity contribution in [1.82, 2.24) is 0 Å². The number of hydrogen-bond acceptors (Lipinski definition) is 0. The number of benzene rings is 2. The molecule has 0 heterocycles. The molecule has 0 atom stereocenters. The molecular weight excluding hydrogens is 236 g/mol. The molecule has 0 saturated carbocycles. The van der Waals surface area contributed by atoms with Gasteiger partial charge in [-0.05, 0) is 28.0 Å². The summed E-state index contributed by atoms with van der Waals surface area (Å²) in [4.78, 5) is 0. The first-order valence-corrected chi connectivity index (χ1v) is 5.67. The highest BCUT2D eigenvalue weighted by Gasteiger charge is 1.99. The lowest BCUT2D eigenvalue weighted by atomic mass is 10.0. The normalized spacial score (nSPS) is 10.4. The molecule has 70 valence electrons. The standard InChI is InChI=1S/C13H11Br/c1-2-10-6-7-11-4-3-5-12(9-14)13(11)8-10/h2-8H,1,9H2. The van der Waals surface area contributed by atoms with Crippen LogP contribution in [0.15, 0.2) is 43.0 Å². The molecule has 0 spiro atoms. The molecule has 0 aliphatic heterocycles. The van der Waals surface area contributed by atoms with Crippen LogP contribution in [0.2, 0.25) is 0 Å². The van der Waals surface area contributed by atoms with E-state index in [9.17, 15) is 0 Å². The summed E-state index contributed by atoms with van der Waals surface area (Å²) in [6.07, 6.45) is 1.88. The third-order valence-electron chi connectivity index (χ3n) is 2.38. The number of alkyl halides is 1. The zero-order valence-electron chi connectivity index (χ0n) is 7.83. The molecule has 0 aromatic heterocycles. The predicted octanol–water partition coefficient (Wildman–Crippen LogP) is 4.38. The Bertz CT molecular complexity index is 472. The van der Waals surface area contributed by atoms with Gasteiger partial charge in [-0.25, -0.2) is 0 Å². The Hall–Kier alpha value is -1.08. The van der Waals surface area contributed by atoms with Crippen LogP contribution in [-0.4, -0.2) is 0 Å². The first-order valence-electron chi connectivity index (χ1n) is 4.55. The summed E-state index contributed by atoms with van der Waals surface area (Å²) in [5, 5.41) is 3.49. The predicted molar refractivity (Wildman–Crippen MR) is 66.7 cm³/mol. The Balaban J connectivity index is 2.76. The van der Waals surface area contributed by atoms with Gasteiger partial charge in [-0.3, -0.25) is 0 Å².